The molecule has 3 saturated heterocycles. The normalized spacial score (nSPS) is 22.4. The average molecular weight is 439 g/mol. The van der Waals surface area contributed by atoms with Gasteiger partial charge in [0.05, 0.1) is 12.1 Å². The number of carbonyl (C=O) groups is 1. The van der Waals surface area contributed by atoms with E-state index in [0.29, 0.717) is 19.1 Å². The molecule has 3 fully saturated rings. The first-order valence-electron chi connectivity index (χ1n) is 11.5. The predicted octanol–water partition coefficient (Wildman–Crippen LogP) is 4.43. The van der Waals surface area contributed by atoms with Gasteiger partial charge in [-0.25, -0.2) is 4.79 Å². The van der Waals surface area contributed by atoms with Crippen LogP contribution in [0.25, 0.3) is 11.1 Å². The van der Waals surface area contributed by atoms with Crippen LogP contribution in [0.4, 0.5) is 4.79 Å². The van der Waals surface area contributed by atoms with E-state index in [2.05, 4.69) is 34.5 Å². The van der Waals surface area contributed by atoms with Gasteiger partial charge in [0.25, 0.3) is 0 Å². The summed E-state index contributed by atoms with van der Waals surface area (Å²) < 4.78 is 16.4. The van der Waals surface area contributed by atoms with Crippen LogP contribution in [0.1, 0.15) is 32.3 Å². The van der Waals surface area contributed by atoms with Crippen molar-refractivity contribution in [2.24, 2.45) is 5.92 Å². The van der Waals surface area contributed by atoms with Crippen LogP contribution in [0.15, 0.2) is 48.5 Å². The molecule has 32 heavy (non-hydrogen) atoms. The van der Waals surface area contributed by atoms with Crippen molar-refractivity contribution in [3.8, 4) is 16.9 Å². The Hall–Kier alpha value is -2.57. The molecular weight excluding hydrogens is 404 g/mol. The second kappa shape index (κ2) is 9.92. The fraction of sp³-hybridized carbons (Fsp3) is 0.500. The van der Waals surface area contributed by atoms with Crippen molar-refractivity contribution < 1.29 is 19.0 Å². The number of hydrogen-bond donors (Lipinski definition) is 1. The van der Waals surface area contributed by atoms with Crippen molar-refractivity contribution in [1.29, 1.82) is 0 Å². The first-order valence-corrected chi connectivity index (χ1v) is 11.5. The van der Waals surface area contributed by atoms with Gasteiger partial charge < -0.3 is 19.5 Å². The van der Waals surface area contributed by atoms with Crippen molar-refractivity contribution in [3.05, 3.63) is 54.1 Å². The zero-order chi connectivity index (χ0) is 22.6. The highest BCUT2D eigenvalue weighted by atomic mass is 16.6. The molecule has 3 heterocycles. The lowest BCUT2D eigenvalue weighted by molar-refractivity contribution is -0.0349. The van der Waals surface area contributed by atoms with Crippen LogP contribution < -0.4 is 10.1 Å². The third-order valence-electron chi connectivity index (χ3n) is 6.62. The van der Waals surface area contributed by atoms with Crippen molar-refractivity contribution in [2.45, 2.75) is 38.3 Å². The van der Waals surface area contributed by atoms with Crippen LogP contribution in [-0.4, -0.2) is 57.1 Å². The Bertz CT molecular complexity index is 887. The molecule has 1 atom stereocenters. The molecule has 6 heteroatoms. The molecule has 0 saturated carbocycles. The van der Waals surface area contributed by atoms with Crippen LogP contribution in [0.3, 0.4) is 0 Å². The highest BCUT2D eigenvalue weighted by molar-refractivity contribution is 5.69. The lowest BCUT2D eigenvalue weighted by atomic mass is 9.86. The summed E-state index contributed by atoms with van der Waals surface area (Å²) >= 11 is 0. The number of nitrogens with zero attached hydrogens (tertiary/aromatic N) is 1. The van der Waals surface area contributed by atoms with Gasteiger partial charge >= 0.3 is 6.09 Å². The monoisotopic (exact) mass is 438 g/mol. The molecule has 5 rings (SSSR count). The van der Waals surface area contributed by atoms with Gasteiger partial charge in [0.1, 0.15) is 18.5 Å². The van der Waals surface area contributed by atoms with Crippen LogP contribution in [0.5, 0.6) is 5.75 Å². The second-order valence-electron chi connectivity index (χ2n) is 9.27. The third-order valence-corrected chi connectivity index (χ3v) is 6.62. The summed E-state index contributed by atoms with van der Waals surface area (Å²) in [7, 11) is 1.66. The van der Waals surface area contributed by atoms with Gasteiger partial charge in [-0.1, -0.05) is 36.4 Å². The number of methoxy groups -OCH3 is 1. The number of piperidine rings is 3. The number of fused-ring (bicyclic) bond motifs is 3. The second-order valence-corrected chi connectivity index (χ2v) is 9.27. The Morgan fingerprint density at radius 3 is 2.19 bits per heavy atom. The van der Waals surface area contributed by atoms with Gasteiger partial charge in [0.15, 0.2) is 0 Å². The van der Waals surface area contributed by atoms with Crippen molar-refractivity contribution >= 4 is 6.09 Å². The smallest absolute Gasteiger partial charge is 0.408 e. The summed E-state index contributed by atoms with van der Waals surface area (Å²) in [6.07, 6.45) is 1.94. The number of ether oxygens (including phenoxy) is 3. The van der Waals surface area contributed by atoms with E-state index in [9.17, 15) is 4.79 Å². The number of rotatable bonds is 8. The number of carbonyl (C=O) groups excluding carboxylic acids is 1. The van der Waals surface area contributed by atoms with E-state index in [-0.39, 0.29) is 12.2 Å². The average Bonchev–Trinajstić information content (AvgIpc) is 2.80. The Balaban J connectivity index is 1.34. The Morgan fingerprint density at radius 1 is 1.00 bits per heavy atom. The summed E-state index contributed by atoms with van der Waals surface area (Å²) in [5.41, 5.74) is 2.74. The number of nitrogens with one attached hydrogen (secondary N) is 1. The maximum atomic E-state index is 12.6. The molecule has 2 aromatic rings. The van der Waals surface area contributed by atoms with E-state index in [1.54, 1.807) is 7.11 Å². The molecule has 1 N–H and O–H groups in total. The lowest BCUT2D eigenvalue weighted by Crippen LogP contribution is -2.53. The Kier molecular flexibility index (Phi) is 7.01. The van der Waals surface area contributed by atoms with Gasteiger partial charge in [-0.2, -0.15) is 0 Å². The minimum Gasteiger partial charge on any atom is -0.491 e. The van der Waals surface area contributed by atoms with E-state index in [0.717, 1.165) is 54.9 Å². The van der Waals surface area contributed by atoms with Gasteiger partial charge in [-0.05, 0) is 74.5 Å². The maximum absolute atomic E-state index is 12.6. The van der Waals surface area contributed by atoms with Crippen molar-refractivity contribution in [1.82, 2.24) is 10.2 Å². The summed E-state index contributed by atoms with van der Waals surface area (Å²) in [6.45, 7) is 8.25. The maximum Gasteiger partial charge on any atom is 0.408 e. The van der Waals surface area contributed by atoms with Crippen molar-refractivity contribution in [3.63, 3.8) is 0 Å². The number of alkyl carbamates (subject to hydrolysis) is 1. The molecule has 3 aliphatic rings. The highest BCUT2D eigenvalue weighted by Gasteiger charge is 2.37. The van der Waals surface area contributed by atoms with Crippen molar-refractivity contribution in [2.75, 3.05) is 40.0 Å². The summed E-state index contributed by atoms with van der Waals surface area (Å²) in [6, 6.07) is 16.3. The first kappa shape index (κ1) is 22.6. The summed E-state index contributed by atoms with van der Waals surface area (Å²) in [4.78, 5) is 15.0. The van der Waals surface area contributed by atoms with Gasteiger partial charge in [0.2, 0.25) is 0 Å². The summed E-state index contributed by atoms with van der Waals surface area (Å²) in [5.74, 6) is 1.33. The minimum absolute atomic E-state index is 0.0112. The standard InChI is InChI=1S/C26H34N2O4/c1-26(2,27-25(29)32-24-18-28-14-12-21(24)13-15-28)22-8-4-19(5-9-22)20-6-10-23(11-7-20)31-17-16-30-3/h4-11,21,24H,12-18H2,1-3H3,(H,27,29). The zero-order valence-corrected chi connectivity index (χ0v) is 19.3. The molecule has 0 aromatic heterocycles. The topological polar surface area (TPSA) is 60.0 Å². The molecule has 0 spiro atoms. The summed E-state index contributed by atoms with van der Waals surface area (Å²) in [5, 5.41) is 3.06. The van der Waals surface area contributed by atoms with Crippen LogP contribution in [0, 0.1) is 5.92 Å². The molecule has 0 aliphatic carbocycles. The Labute approximate surface area is 190 Å². The van der Waals surface area contributed by atoms with Crippen LogP contribution >= 0.6 is 0 Å². The molecule has 0 radical (unpaired) electrons. The predicted molar refractivity (Wildman–Crippen MR) is 125 cm³/mol. The number of benzene rings is 2. The van der Waals surface area contributed by atoms with Gasteiger partial charge in [-0.3, -0.25) is 4.90 Å². The Morgan fingerprint density at radius 2 is 1.62 bits per heavy atom. The molecule has 1 unspecified atom stereocenters. The third kappa shape index (κ3) is 5.43. The largest absolute Gasteiger partial charge is 0.491 e. The van der Waals surface area contributed by atoms with Crippen LogP contribution in [-0.2, 0) is 15.0 Å². The van der Waals surface area contributed by atoms with E-state index < -0.39 is 5.54 Å². The SMILES string of the molecule is COCCOc1ccc(-c2ccc(C(C)(C)NC(=O)OC3CN4CCC3CC4)cc2)cc1. The molecule has 2 bridgehead atoms. The fourth-order valence-corrected chi connectivity index (χ4v) is 4.60. The lowest BCUT2D eigenvalue weighted by Gasteiger charge is -2.44. The molecule has 6 nitrogen and oxygen atoms in total. The molecule has 172 valence electrons. The number of amides is 1. The van der Waals surface area contributed by atoms with E-state index in [4.69, 9.17) is 14.2 Å². The quantitative estimate of drug-likeness (QED) is 0.618. The highest BCUT2D eigenvalue weighted by Crippen LogP contribution is 2.30. The zero-order valence-electron chi connectivity index (χ0n) is 19.3. The van der Waals surface area contributed by atoms with Gasteiger partial charge in [-0.15, -0.1) is 0 Å². The van der Waals surface area contributed by atoms with E-state index in [1.165, 1.54) is 0 Å². The molecule has 1 amide bonds. The van der Waals surface area contributed by atoms with Gasteiger partial charge in [0, 0.05) is 13.7 Å². The molecular formula is C26H34N2O4. The van der Waals surface area contributed by atoms with E-state index >= 15 is 0 Å². The minimum atomic E-state index is -0.525. The first-order chi connectivity index (χ1) is 15.4. The van der Waals surface area contributed by atoms with E-state index in [1.807, 2.05) is 38.1 Å². The number of hydrogen-bond acceptors (Lipinski definition) is 5. The van der Waals surface area contributed by atoms with Crippen LogP contribution in [0.2, 0.25) is 0 Å². The molecule has 2 aromatic carbocycles. The fourth-order valence-electron chi connectivity index (χ4n) is 4.60. The molecule has 3 aliphatic heterocycles.